The number of rotatable bonds is 10. The molecule has 0 atom stereocenters. The van der Waals surface area contributed by atoms with Crippen LogP contribution in [0.4, 0.5) is 0 Å². The highest BCUT2D eigenvalue weighted by Crippen LogP contribution is 2.30. The molecule has 0 radical (unpaired) electrons. The highest BCUT2D eigenvalue weighted by Gasteiger charge is 2.22. The molecule has 0 bridgehead atoms. The summed E-state index contributed by atoms with van der Waals surface area (Å²) in [5.41, 5.74) is 3.20. The van der Waals surface area contributed by atoms with E-state index in [1.807, 2.05) is 6.92 Å². The summed E-state index contributed by atoms with van der Waals surface area (Å²) in [5, 5.41) is 6.62. The van der Waals surface area contributed by atoms with E-state index in [4.69, 9.17) is 4.74 Å². The zero-order chi connectivity index (χ0) is 22.3. The lowest BCUT2D eigenvalue weighted by Crippen LogP contribution is -2.36. The minimum atomic E-state index is -3.43. The predicted molar refractivity (Wildman–Crippen MR) is 139 cm³/mol. The van der Waals surface area contributed by atoms with Crippen molar-refractivity contribution in [3.8, 4) is 5.75 Å². The first kappa shape index (κ1) is 26.4. The third-order valence-corrected chi connectivity index (χ3v) is 6.54. The number of hydrogen-bond acceptors (Lipinski definition) is 4. The molecule has 0 heterocycles. The molecular weight excluding hydrogens is 539 g/mol. The van der Waals surface area contributed by atoms with Gasteiger partial charge in [-0.25, -0.2) is 18.1 Å². The molecule has 2 aromatic carbocycles. The quantitative estimate of drug-likeness (QED) is 0.230. The average Bonchev–Trinajstić information content (AvgIpc) is 3.60. The average molecular weight is 573 g/mol. The van der Waals surface area contributed by atoms with Crippen LogP contribution in [0.15, 0.2) is 52.4 Å². The summed E-state index contributed by atoms with van der Waals surface area (Å²) in [4.78, 5) is 4.87. The van der Waals surface area contributed by atoms with E-state index in [2.05, 4.69) is 45.5 Å². The lowest BCUT2D eigenvalue weighted by atomic mass is 10.1. The smallest absolute Gasteiger partial charge is 0.240 e. The van der Waals surface area contributed by atoms with E-state index in [9.17, 15) is 8.42 Å². The molecule has 0 aliphatic heterocycles. The number of benzene rings is 2. The van der Waals surface area contributed by atoms with Gasteiger partial charge in [-0.3, -0.25) is 0 Å². The molecular formula is C23H33IN4O3S. The Bertz CT molecular complexity index is 1010. The molecule has 0 amide bonds. The van der Waals surface area contributed by atoms with Crippen molar-refractivity contribution in [2.24, 2.45) is 10.9 Å². The third kappa shape index (κ3) is 7.93. The number of nitrogens with zero attached hydrogens (tertiary/aromatic N) is 1. The summed E-state index contributed by atoms with van der Waals surface area (Å²) in [5.74, 6) is 2.33. The van der Waals surface area contributed by atoms with Crippen LogP contribution in [0.3, 0.4) is 0 Å². The monoisotopic (exact) mass is 572 g/mol. The largest absolute Gasteiger partial charge is 0.493 e. The van der Waals surface area contributed by atoms with Gasteiger partial charge in [0.15, 0.2) is 5.96 Å². The van der Waals surface area contributed by atoms with Gasteiger partial charge in [-0.15, -0.1) is 24.0 Å². The van der Waals surface area contributed by atoms with Gasteiger partial charge >= 0.3 is 0 Å². The van der Waals surface area contributed by atoms with Crippen LogP contribution in [0.5, 0.6) is 5.75 Å². The van der Waals surface area contributed by atoms with Crippen LogP contribution < -0.4 is 20.1 Å². The van der Waals surface area contributed by atoms with Crippen LogP contribution in [-0.4, -0.2) is 34.6 Å². The predicted octanol–water partition coefficient (Wildman–Crippen LogP) is 3.57. The van der Waals surface area contributed by atoms with E-state index in [0.29, 0.717) is 25.0 Å². The van der Waals surface area contributed by atoms with E-state index in [-0.39, 0.29) is 28.9 Å². The van der Waals surface area contributed by atoms with Crippen molar-refractivity contribution in [3.63, 3.8) is 0 Å². The number of nitrogens with one attached hydrogen (secondary N) is 3. The fourth-order valence-electron chi connectivity index (χ4n) is 3.02. The first-order chi connectivity index (χ1) is 14.9. The maximum Gasteiger partial charge on any atom is 0.240 e. The maximum absolute atomic E-state index is 11.9. The molecule has 7 nitrogen and oxygen atoms in total. The Kier molecular flexibility index (Phi) is 10.2. The summed E-state index contributed by atoms with van der Waals surface area (Å²) in [6, 6.07) is 13.0. The van der Waals surface area contributed by atoms with Gasteiger partial charge in [0.25, 0.3) is 0 Å². The molecule has 0 unspecified atom stereocenters. The summed E-state index contributed by atoms with van der Waals surface area (Å²) >= 11 is 0. The Labute approximate surface area is 208 Å². The summed E-state index contributed by atoms with van der Waals surface area (Å²) < 4.78 is 32.1. The molecule has 3 rings (SSSR count). The second-order valence-corrected chi connectivity index (χ2v) is 9.65. The zero-order valence-electron chi connectivity index (χ0n) is 18.8. The van der Waals surface area contributed by atoms with Crippen molar-refractivity contribution in [3.05, 3.63) is 59.2 Å². The lowest BCUT2D eigenvalue weighted by molar-refractivity contribution is 0.296. The highest BCUT2D eigenvalue weighted by atomic mass is 127. The van der Waals surface area contributed by atoms with Crippen molar-refractivity contribution in [1.29, 1.82) is 0 Å². The first-order valence-corrected chi connectivity index (χ1v) is 12.2. The van der Waals surface area contributed by atoms with E-state index in [1.54, 1.807) is 24.3 Å². The molecule has 2 aromatic rings. The SMILES string of the molecule is CCNC(=NCc1ccc(S(=O)(=O)NC)cc1)NCc1ccc(C)cc1OCC1CC1.I. The summed E-state index contributed by atoms with van der Waals surface area (Å²) in [6.07, 6.45) is 2.52. The lowest BCUT2D eigenvalue weighted by Gasteiger charge is -2.15. The van der Waals surface area contributed by atoms with Gasteiger partial charge in [-0.2, -0.15) is 0 Å². The van der Waals surface area contributed by atoms with E-state index < -0.39 is 10.0 Å². The Morgan fingerprint density at radius 1 is 1.12 bits per heavy atom. The molecule has 9 heteroatoms. The van der Waals surface area contributed by atoms with Crippen LogP contribution in [0, 0.1) is 12.8 Å². The molecule has 0 spiro atoms. The third-order valence-electron chi connectivity index (χ3n) is 5.11. The van der Waals surface area contributed by atoms with Gasteiger partial charge in [0.2, 0.25) is 10.0 Å². The molecule has 176 valence electrons. The van der Waals surface area contributed by atoms with E-state index in [0.717, 1.165) is 30.0 Å². The number of aliphatic imine (C=N–C) groups is 1. The normalized spacial score (nSPS) is 13.9. The molecule has 1 aliphatic rings. The van der Waals surface area contributed by atoms with E-state index in [1.165, 1.54) is 25.5 Å². The number of sulfonamides is 1. The maximum atomic E-state index is 11.9. The topological polar surface area (TPSA) is 91.8 Å². The van der Waals surface area contributed by atoms with Gasteiger partial charge in [0.05, 0.1) is 18.0 Å². The molecule has 0 aromatic heterocycles. The Morgan fingerprint density at radius 3 is 2.47 bits per heavy atom. The van der Waals surface area contributed by atoms with Gasteiger partial charge < -0.3 is 15.4 Å². The second-order valence-electron chi connectivity index (χ2n) is 7.77. The molecule has 1 fully saturated rings. The number of halogens is 1. The van der Waals surface area contributed by atoms with Crippen molar-refractivity contribution < 1.29 is 13.2 Å². The minimum Gasteiger partial charge on any atom is -0.493 e. The standard InChI is InChI=1S/C23H32N4O3S.HI/c1-4-25-23(26-14-18-8-11-21(12-9-18)31(28,29)24-3)27-15-20-10-5-17(2)13-22(20)30-16-19-6-7-19;/h5,8-13,19,24H,4,6-7,14-16H2,1-3H3,(H2,25,26,27);1H. The number of ether oxygens (including phenoxy) is 1. The molecule has 32 heavy (non-hydrogen) atoms. The van der Waals surface area contributed by atoms with Crippen molar-refractivity contribution in [1.82, 2.24) is 15.4 Å². The Morgan fingerprint density at radius 2 is 1.84 bits per heavy atom. The van der Waals surface area contributed by atoms with Crippen molar-refractivity contribution >= 4 is 40.0 Å². The number of hydrogen-bond donors (Lipinski definition) is 3. The second kappa shape index (κ2) is 12.4. The molecule has 1 aliphatic carbocycles. The number of guanidine groups is 1. The van der Waals surface area contributed by atoms with Crippen LogP contribution in [0.1, 0.15) is 36.5 Å². The number of aryl methyl sites for hydroxylation is 1. The Balaban J connectivity index is 0.00000363. The van der Waals surface area contributed by atoms with Crippen molar-refractivity contribution in [2.75, 3.05) is 20.2 Å². The minimum absolute atomic E-state index is 0. The van der Waals surface area contributed by atoms with Gasteiger partial charge in [0, 0.05) is 18.7 Å². The highest BCUT2D eigenvalue weighted by molar-refractivity contribution is 14.0. The van der Waals surface area contributed by atoms with Crippen LogP contribution in [0.2, 0.25) is 0 Å². The van der Waals surface area contributed by atoms with E-state index >= 15 is 0 Å². The van der Waals surface area contributed by atoms with Gasteiger partial charge in [-0.1, -0.05) is 24.3 Å². The Hall–Kier alpha value is -1.85. The fraction of sp³-hybridized carbons (Fsp3) is 0.435. The van der Waals surface area contributed by atoms with Crippen LogP contribution >= 0.6 is 24.0 Å². The van der Waals surface area contributed by atoms with Gasteiger partial charge in [-0.05, 0) is 69.0 Å². The molecule has 0 saturated heterocycles. The van der Waals surface area contributed by atoms with Crippen LogP contribution in [0.25, 0.3) is 0 Å². The molecule has 1 saturated carbocycles. The zero-order valence-corrected chi connectivity index (χ0v) is 22.0. The summed E-state index contributed by atoms with van der Waals surface area (Å²) in [6.45, 7) is 6.65. The van der Waals surface area contributed by atoms with Crippen LogP contribution in [-0.2, 0) is 23.1 Å². The summed E-state index contributed by atoms with van der Waals surface area (Å²) in [7, 11) is -2.03. The van der Waals surface area contributed by atoms with Crippen molar-refractivity contribution in [2.45, 2.75) is 44.7 Å². The first-order valence-electron chi connectivity index (χ1n) is 10.7. The molecule has 3 N–H and O–H groups in total. The van der Waals surface area contributed by atoms with Gasteiger partial charge in [0.1, 0.15) is 5.75 Å². The fourth-order valence-corrected chi connectivity index (χ4v) is 3.75.